The molecule has 3 aromatic rings. The van der Waals surface area contributed by atoms with Crippen LogP contribution >= 0.6 is 0 Å². The Morgan fingerprint density at radius 3 is 2.45 bits per heavy atom. The molecule has 4 rings (SSSR count). The van der Waals surface area contributed by atoms with Gasteiger partial charge >= 0.3 is 0 Å². The van der Waals surface area contributed by atoms with E-state index in [4.69, 9.17) is 0 Å². The summed E-state index contributed by atoms with van der Waals surface area (Å²) in [5.74, 6) is 0.0997. The Balaban J connectivity index is 1.41. The fraction of sp³-hybridized carbons (Fsp3) is 0.269. The SMILES string of the molecule is Cc1ccc(NS(=O)(=O)c2ccc(C)c(C(=O)NCC3CCN(c4ccccc4)C3)c2)cc1. The number of carbonyl (C=O) groups excluding carboxylic acids is 1. The van der Waals surface area contributed by atoms with Crippen molar-refractivity contribution >= 4 is 27.3 Å². The topological polar surface area (TPSA) is 78.5 Å². The zero-order valence-electron chi connectivity index (χ0n) is 18.9. The summed E-state index contributed by atoms with van der Waals surface area (Å²) in [5, 5.41) is 3.01. The van der Waals surface area contributed by atoms with Crippen LogP contribution in [0.2, 0.25) is 0 Å². The van der Waals surface area contributed by atoms with E-state index >= 15 is 0 Å². The van der Waals surface area contributed by atoms with E-state index in [0.717, 1.165) is 30.6 Å². The Morgan fingerprint density at radius 2 is 1.73 bits per heavy atom. The van der Waals surface area contributed by atoms with Crippen LogP contribution in [0.5, 0.6) is 0 Å². The predicted molar refractivity (Wildman–Crippen MR) is 132 cm³/mol. The van der Waals surface area contributed by atoms with Crippen LogP contribution in [0.15, 0.2) is 77.7 Å². The summed E-state index contributed by atoms with van der Waals surface area (Å²) < 4.78 is 28.3. The molecule has 1 unspecified atom stereocenters. The summed E-state index contributed by atoms with van der Waals surface area (Å²) in [7, 11) is -3.80. The molecule has 0 spiro atoms. The number of nitrogens with one attached hydrogen (secondary N) is 2. The molecule has 1 heterocycles. The molecule has 172 valence electrons. The quantitative estimate of drug-likeness (QED) is 0.546. The minimum absolute atomic E-state index is 0.0648. The molecule has 0 bridgehead atoms. The van der Waals surface area contributed by atoms with Crippen molar-refractivity contribution in [2.45, 2.75) is 25.2 Å². The van der Waals surface area contributed by atoms with E-state index in [1.165, 1.54) is 17.8 Å². The van der Waals surface area contributed by atoms with Gasteiger partial charge < -0.3 is 10.2 Å². The van der Waals surface area contributed by atoms with Gasteiger partial charge in [0.1, 0.15) is 0 Å². The van der Waals surface area contributed by atoms with Crippen molar-refractivity contribution in [1.82, 2.24) is 5.32 Å². The van der Waals surface area contributed by atoms with Crippen molar-refractivity contribution in [3.05, 3.63) is 89.5 Å². The molecule has 1 aliphatic heterocycles. The molecule has 2 N–H and O–H groups in total. The highest BCUT2D eigenvalue weighted by Crippen LogP contribution is 2.24. The van der Waals surface area contributed by atoms with Gasteiger partial charge in [0.05, 0.1) is 4.90 Å². The van der Waals surface area contributed by atoms with Gasteiger partial charge in [0.2, 0.25) is 0 Å². The van der Waals surface area contributed by atoms with E-state index in [1.54, 1.807) is 18.2 Å². The van der Waals surface area contributed by atoms with E-state index in [1.807, 2.05) is 44.2 Å². The minimum atomic E-state index is -3.80. The number of amides is 1. The van der Waals surface area contributed by atoms with Gasteiger partial charge in [-0.05, 0) is 68.1 Å². The summed E-state index contributed by atoms with van der Waals surface area (Å²) >= 11 is 0. The fourth-order valence-corrected chi connectivity index (χ4v) is 5.14. The van der Waals surface area contributed by atoms with Crippen LogP contribution in [0.3, 0.4) is 0 Å². The smallest absolute Gasteiger partial charge is 0.261 e. The molecule has 1 amide bonds. The normalized spacial score (nSPS) is 15.9. The lowest BCUT2D eigenvalue weighted by molar-refractivity contribution is 0.0947. The van der Waals surface area contributed by atoms with Gasteiger partial charge in [-0.15, -0.1) is 0 Å². The molecule has 0 aliphatic carbocycles. The summed E-state index contributed by atoms with van der Waals surface area (Å²) in [6.07, 6.45) is 1.00. The first-order chi connectivity index (χ1) is 15.8. The third-order valence-electron chi connectivity index (χ3n) is 6.03. The van der Waals surface area contributed by atoms with Gasteiger partial charge in [0.25, 0.3) is 15.9 Å². The maximum atomic E-state index is 12.9. The molecule has 0 aromatic heterocycles. The molecule has 1 aliphatic rings. The van der Waals surface area contributed by atoms with Crippen molar-refractivity contribution < 1.29 is 13.2 Å². The van der Waals surface area contributed by atoms with Crippen LogP contribution in [0.1, 0.15) is 27.9 Å². The van der Waals surface area contributed by atoms with Crippen LogP contribution in [0.25, 0.3) is 0 Å². The number of aryl methyl sites for hydroxylation is 2. The largest absolute Gasteiger partial charge is 0.371 e. The van der Waals surface area contributed by atoms with Gasteiger partial charge in [0, 0.05) is 36.6 Å². The van der Waals surface area contributed by atoms with E-state index in [2.05, 4.69) is 27.1 Å². The van der Waals surface area contributed by atoms with Crippen molar-refractivity contribution in [1.29, 1.82) is 0 Å². The molecular weight excluding hydrogens is 434 g/mol. The minimum Gasteiger partial charge on any atom is -0.371 e. The fourth-order valence-electron chi connectivity index (χ4n) is 4.05. The van der Waals surface area contributed by atoms with Crippen molar-refractivity contribution in [2.75, 3.05) is 29.3 Å². The van der Waals surface area contributed by atoms with E-state index < -0.39 is 10.0 Å². The van der Waals surface area contributed by atoms with Crippen LogP contribution in [-0.2, 0) is 10.0 Å². The molecule has 1 saturated heterocycles. The number of rotatable bonds is 7. The summed E-state index contributed by atoms with van der Waals surface area (Å²) in [6.45, 7) is 6.15. The highest BCUT2D eigenvalue weighted by molar-refractivity contribution is 7.92. The molecule has 0 radical (unpaired) electrons. The van der Waals surface area contributed by atoms with Crippen LogP contribution in [-0.4, -0.2) is 34.0 Å². The van der Waals surface area contributed by atoms with Gasteiger partial charge in [0.15, 0.2) is 0 Å². The van der Waals surface area contributed by atoms with Gasteiger partial charge in [-0.1, -0.05) is 42.0 Å². The highest BCUT2D eigenvalue weighted by Gasteiger charge is 2.24. The zero-order valence-corrected chi connectivity index (χ0v) is 19.7. The summed E-state index contributed by atoms with van der Waals surface area (Å²) in [5.41, 5.74) is 3.83. The molecule has 3 aromatic carbocycles. The van der Waals surface area contributed by atoms with Gasteiger partial charge in [-0.25, -0.2) is 8.42 Å². The second-order valence-corrected chi connectivity index (χ2v) is 10.3. The van der Waals surface area contributed by atoms with Crippen LogP contribution < -0.4 is 14.9 Å². The Hall–Kier alpha value is -3.32. The molecule has 33 heavy (non-hydrogen) atoms. The monoisotopic (exact) mass is 463 g/mol. The average Bonchev–Trinajstić information content (AvgIpc) is 3.29. The first-order valence-corrected chi connectivity index (χ1v) is 12.6. The van der Waals surface area contributed by atoms with Gasteiger partial charge in [-0.2, -0.15) is 0 Å². The average molecular weight is 464 g/mol. The van der Waals surface area contributed by atoms with Gasteiger partial charge in [-0.3, -0.25) is 9.52 Å². The van der Waals surface area contributed by atoms with Crippen molar-refractivity contribution in [3.63, 3.8) is 0 Å². The molecule has 7 heteroatoms. The molecule has 0 saturated carbocycles. The molecular formula is C26H29N3O3S. The Kier molecular flexibility index (Phi) is 6.70. The lowest BCUT2D eigenvalue weighted by atomic mass is 10.1. The first-order valence-electron chi connectivity index (χ1n) is 11.1. The number of hydrogen-bond donors (Lipinski definition) is 2. The maximum absolute atomic E-state index is 12.9. The Labute approximate surface area is 195 Å². The molecule has 6 nitrogen and oxygen atoms in total. The van der Waals surface area contributed by atoms with Crippen LogP contribution in [0.4, 0.5) is 11.4 Å². The number of hydrogen-bond acceptors (Lipinski definition) is 4. The molecule has 1 atom stereocenters. The van der Waals surface area contributed by atoms with E-state index in [0.29, 0.717) is 23.7 Å². The third-order valence-corrected chi connectivity index (χ3v) is 7.41. The highest BCUT2D eigenvalue weighted by atomic mass is 32.2. The van der Waals surface area contributed by atoms with Crippen molar-refractivity contribution in [2.24, 2.45) is 5.92 Å². The first kappa shape index (κ1) is 22.9. The lowest BCUT2D eigenvalue weighted by Gasteiger charge is -2.19. The number of sulfonamides is 1. The number of anilines is 2. The Morgan fingerprint density at radius 1 is 1.00 bits per heavy atom. The van der Waals surface area contributed by atoms with Crippen molar-refractivity contribution in [3.8, 4) is 0 Å². The van der Waals surface area contributed by atoms with E-state index in [9.17, 15) is 13.2 Å². The second-order valence-electron chi connectivity index (χ2n) is 8.59. The third kappa shape index (κ3) is 5.54. The van der Waals surface area contributed by atoms with Crippen LogP contribution in [0, 0.1) is 19.8 Å². The number of carbonyl (C=O) groups is 1. The zero-order chi connectivity index (χ0) is 23.4. The van der Waals surface area contributed by atoms with E-state index in [-0.39, 0.29) is 10.8 Å². The lowest BCUT2D eigenvalue weighted by Crippen LogP contribution is -2.31. The number of benzene rings is 3. The Bertz CT molecular complexity index is 1230. The number of para-hydroxylation sites is 1. The summed E-state index contributed by atoms with van der Waals surface area (Å²) in [6, 6.07) is 22.0. The maximum Gasteiger partial charge on any atom is 0.261 e. The standard InChI is InChI=1S/C26H29N3O3S/c1-19-8-11-22(12-9-19)28-33(31,32)24-13-10-20(2)25(16-24)26(30)27-17-21-14-15-29(18-21)23-6-4-3-5-7-23/h3-13,16,21,28H,14-15,17-18H2,1-2H3,(H,27,30). The molecule has 1 fully saturated rings. The second kappa shape index (κ2) is 9.67. The number of nitrogens with zero attached hydrogens (tertiary/aromatic N) is 1. The predicted octanol–water partition coefficient (Wildman–Crippen LogP) is 4.36. The summed E-state index contributed by atoms with van der Waals surface area (Å²) in [4.78, 5) is 15.3.